The molecule has 0 aromatic carbocycles. The molecule has 1 saturated carbocycles. The van der Waals surface area contributed by atoms with E-state index < -0.39 is 0 Å². The minimum Gasteiger partial charge on any atom is -0.381 e. The van der Waals surface area contributed by atoms with Gasteiger partial charge in [-0.2, -0.15) is 5.10 Å². The molecule has 1 aliphatic carbocycles. The molecule has 138 valence electrons. The maximum Gasteiger partial charge on any atom is 0.228 e. The van der Waals surface area contributed by atoms with Crippen LogP contribution < -0.4 is 0 Å². The number of fused-ring (bicyclic) bond motifs is 1. The zero-order valence-electron chi connectivity index (χ0n) is 15.0. The number of aromatic nitrogens is 4. The molecule has 0 bridgehead atoms. The number of carbonyl (C=O) groups excluding carboxylic acids is 1. The molecule has 3 aliphatic rings. The SMILES string of the molecule is O=C(C1CCOC1)N1CCc2ncc(-c3cnn(CC4CC4)c3)n2CC1. The standard InChI is InChI=1S/C19H25N5O2/c25-19(15-4-8-26-13-15)22-5-3-18-20-10-17(24(18)7-6-22)16-9-21-23(12-16)11-14-1-2-14/h9-10,12,14-15H,1-8,11,13H2. The van der Waals surface area contributed by atoms with Crippen LogP contribution in [-0.2, 0) is 29.0 Å². The fourth-order valence-electron chi connectivity index (χ4n) is 4.03. The first-order valence-corrected chi connectivity index (χ1v) is 9.71. The largest absolute Gasteiger partial charge is 0.381 e. The number of rotatable bonds is 4. The Hall–Kier alpha value is -2.15. The smallest absolute Gasteiger partial charge is 0.228 e. The van der Waals surface area contributed by atoms with E-state index in [1.165, 1.54) is 12.8 Å². The molecule has 5 rings (SSSR count). The Morgan fingerprint density at radius 2 is 2.12 bits per heavy atom. The molecule has 1 saturated heterocycles. The third-order valence-corrected chi connectivity index (χ3v) is 5.80. The maximum atomic E-state index is 12.7. The molecule has 4 heterocycles. The zero-order valence-corrected chi connectivity index (χ0v) is 15.0. The van der Waals surface area contributed by atoms with Crippen molar-refractivity contribution in [3.63, 3.8) is 0 Å². The highest BCUT2D eigenvalue weighted by atomic mass is 16.5. The third kappa shape index (κ3) is 3.05. The van der Waals surface area contributed by atoms with Crippen molar-refractivity contribution >= 4 is 5.91 Å². The Morgan fingerprint density at radius 3 is 2.92 bits per heavy atom. The molecule has 26 heavy (non-hydrogen) atoms. The van der Waals surface area contributed by atoms with Crippen molar-refractivity contribution in [2.75, 3.05) is 26.3 Å². The van der Waals surface area contributed by atoms with Gasteiger partial charge in [-0.1, -0.05) is 0 Å². The highest BCUT2D eigenvalue weighted by molar-refractivity contribution is 5.79. The maximum absolute atomic E-state index is 12.7. The molecule has 1 unspecified atom stereocenters. The van der Waals surface area contributed by atoms with Gasteiger partial charge in [0.05, 0.1) is 30.6 Å². The predicted molar refractivity (Wildman–Crippen MR) is 95.4 cm³/mol. The first kappa shape index (κ1) is 16.1. The Labute approximate surface area is 152 Å². The van der Waals surface area contributed by atoms with E-state index in [0.717, 1.165) is 62.0 Å². The van der Waals surface area contributed by atoms with Gasteiger partial charge in [0.2, 0.25) is 5.91 Å². The summed E-state index contributed by atoms with van der Waals surface area (Å²) < 4.78 is 9.70. The predicted octanol–water partition coefficient (Wildman–Crippen LogP) is 1.58. The quantitative estimate of drug-likeness (QED) is 0.835. The van der Waals surface area contributed by atoms with Gasteiger partial charge in [0.1, 0.15) is 5.82 Å². The zero-order chi connectivity index (χ0) is 17.5. The molecule has 1 atom stereocenters. The number of amides is 1. The van der Waals surface area contributed by atoms with E-state index in [1.54, 1.807) is 0 Å². The number of imidazole rings is 1. The lowest BCUT2D eigenvalue weighted by atomic mass is 10.1. The molecule has 2 fully saturated rings. The molecule has 0 radical (unpaired) electrons. The third-order valence-electron chi connectivity index (χ3n) is 5.80. The van der Waals surface area contributed by atoms with Gasteiger partial charge in [0.15, 0.2) is 0 Å². The molecule has 1 amide bonds. The second kappa shape index (κ2) is 6.54. The molecule has 2 aromatic heterocycles. The van der Waals surface area contributed by atoms with E-state index in [1.807, 2.05) is 17.3 Å². The highest BCUT2D eigenvalue weighted by Gasteiger charge is 2.30. The van der Waals surface area contributed by atoms with Crippen molar-refractivity contribution in [2.45, 2.75) is 38.8 Å². The van der Waals surface area contributed by atoms with Crippen molar-refractivity contribution < 1.29 is 9.53 Å². The van der Waals surface area contributed by atoms with Gasteiger partial charge in [-0.05, 0) is 25.2 Å². The summed E-state index contributed by atoms with van der Waals surface area (Å²) in [5, 5.41) is 4.52. The summed E-state index contributed by atoms with van der Waals surface area (Å²) in [6.07, 6.45) is 10.3. The van der Waals surface area contributed by atoms with E-state index in [2.05, 4.69) is 25.5 Å². The molecular weight excluding hydrogens is 330 g/mol. The summed E-state index contributed by atoms with van der Waals surface area (Å²) >= 11 is 0. The van der Waals surface area contributed by atoms with Crippen LogP contribution in [0.4, 0.5) is 0 Å². The second-order valence-electron chi connectivity index (χ2n) is 7.74. The first-order chi connectivity index (χ1) is 12.8. The van der Waals surface area contributed by atoms with Crippen molar-refractivity contribution in [1.82, 2.24) is 24.2 Å². The molecule has 2 aromatic rings. The van der Waals surface area contributed by atoms with E-state index in [0.29, 0.717) is 13.2 Å². The fraction of sp³-hybridized carbons (Fsp3) is 0.632. The van der Waals surface area contributed by atoms with Gasteiger partial charge in [0.25, 0.3) is 0 Å². The second-order valence-corrected chi connectivity index (χ2v) is 7.74. The van der Waals surface area contributed by atoms with Crippen molar-refractivity contribution in [3.05, 3.63) is 24.4 Å². The number of carbonyl (C=O) groups is 1. The summed E-state index contributed by atoms with van der Waals surface area (Å²) in [5.74, 6) is 2.16. The van der Waals surface area contributed by atoms with Crippen LogP contribution in [0.5, 0.6) is 0 Å². The number of hydrogen-bond donors (Lipinski definition) is 0. The lowest BCUT2D eigenvalue weighted by Gasteiger charge is -2.23. The minimum atomic E-state index is 0.0422. The minimum absolute atomic E-state index is 0.0422. The van der Waals surface area contributed by atoms with Gasteiger partial charge in [0, 0.05) is 51.0 Å². The molecule has 0 N–H and O–H groups in total. The van der Waals surface area contributed by atoms with E-state index in [9.17, 15) is 4.79 Å². The summed E-state index contributed by atoms with van der Waals surface area (Å²) in [4.78, 5) is 19.3. The molecule has 7 heteroatoms. The van der Waals surface area contributed by atoms with Crippen LogP contribution in [0.3, 0.4) is 0 Å². The molecule has 2 aliphatic heterocycles. The Kier molecular flexibility index (Phi) is 4.04. The van der Waals surface area contributed by atoms with E-state index in [4.69, 9.17) is 4.74 Å². The van der Waals surface area contributed by atoms with Gasteiger partial charge >= 0.3 is 0 Å². The molecule has 0 spiro atoms. The monoisotopic (exact) mass is 355 g/mol. The summed E-state index contributed by atoms with van der Waals surface area (Å²) in [5.41, 5.74) is 2.23. The highest BCUT2D eigenvalue weighted by Crippen LogP contribution is 2.31. The average Bonchev–Trinajstić information content (AvgIpc) is 3.03. The van der Waals surface area contributed by atoms with E-state index in [-0.39, 0.29) is 11.8 Å². The van der Waals surface area contributed by atoms with Crippen LogP contribution in [0.15, 0.2) is 18.6 Å². The van der Waals surface area contributed by atoms with Crippen LogP contribution in [0.25, 0.3) is 11.3 Å². The summed E-state index contributed by atoms with van der Waals surface area (Å²) in [6.45, 7) is 4.57. The van der Waals surface area contributed by atoms with Gasteiger partial charge < -0.3 is 14.2 Å². The Bertz CT molecular complexity index is 801. The lowest BCUT2D eigenvalue weighted by molar-refractivity contribution is -0.135. The van der Waals surface area contributed by atoms with Gasteiger partial charge in [-0.3, -0.25) is 9.48 Å². The lowest BCUT2D eigenvalue weighted by Crippen LogP contribution is -2.38. The van der Waals surface area contributed by atoms with Crippen LogP contribution in [-0.4, -0.2) is 56.4 Å². The van der Waals surface area contributed by atoms with Crippen LogP contribution in [0, 0.1) is 11.8 Å². The van der Waals surface area contributed by atoms with Crippen molar-refractivity contribution in [3.8, 4) is 11.3 Å². The molecular formula is C19H25N5O2. The number of hydrogen-bond acceptors (Lipinski definition) is 4. The Morgan fingerprint density at radius 1 is 1.19 bits per heavy atom. The van der Waals surface area contributed by atoms with Crippen LogP contribution in [0.1, 0.15) is 25.1 Å². The Balaban J connectivity index is 1.31. The van der Waals surface area contributed by atoms with Crippen LogP contribution >= 0.6 is 0 Å². The van der Waals surface area contributed by atoms with Crippen LogP contribution in [0.2, 0.25) is 0 Å². The summed E-state index contributed by atoms with van der Waals surface area (Å²) in [6, 6.07) is 0. The summed E-state index contributed by atoms with van der Waals surface area (Å²) in [7, 11) is 0. The van der Waals surface area contributed by atoms with E-state index >= 15 is 0 Å². The van der Waals surface area contributed by atoms with Gasteiger partial charge in [-0.15, -0.1) is 0 Å². The van der Waals surface area contributed by atoms with Gasteiger partial charge in [-0.25, -0.2) is 4.98 Å². The number of ether oxygens (including phenoxy) is 1. The average molecular weight is 355 g/mol. The topological polar surface area (TPSA) is 65.2 Å². The van der Waals surface area contributed by atoms with Crippen molar-refractivity contribution in [1.29, 1.82) is 0 Å². The fourth-order valence-corrected chi connectivity index (χ4v) is 4.03. The first-order valence-electron chi connectivity index (χ1n) is 9.71. The van der Waals surface area contributed by atoms with Crippen molar-refractivity contribution in [2.24, 2.45) is 11.8 Å². The number of nitrogens with zero attached hydrogens (tertiary/aromatic N) is 5. The normalized spacial score (nSPS) is 23.1. The molecule has 7 nitrogen and oxygen atoms in total.